The fourth-order valence-corrected chi connectivity index (χ4v) is 2.57. The van der Waals surface area contributed by atoms with E-state index < -0.39 is 23.3 Å². The van der Waals surface area contributed by atoms with Crippen LogP contribution in [0.5, 0.6) is 0 Å². The van der Waals surface area contributed by atoms with Gasteiger partial charge in [0.1, 0.15) is 22.6 Å². The molecule has 0 radical (unpaired) electrons. The van der Waals surface area contributed by atoms with Crippen LogP contribution in [0.4, 0.5) is 24.9 Å². The second kappa shape index (κ2) is 5.53. The number of halogens is 4. The third-order valence-electron chi connectivity index (χ3n) is 3.40. The van der Waals surface area contributed by atoms with E-state index in [4.69, 9.17) is 22.1 Å². The van der Waals surface area contributed by atoms with E-state index in [2.05, 4.69) is 20.4 Å². The highest BCUT2D eigenvalue weighted by Gasteiger charge is 2.40. The highest BCUT2D eigenvalue weighted by atomic mass is 35.5. The predicted octanol–water partition coefficient (Wildman–Crippen LogP) is 2.21. The molecule has 3 N–H and O–H groups in total. The van der Waals surface area contributed by atoms with Crippen LogP contribution in [0.1, 0.15) is 11.6 Å². The number of nitrogens with zero attached hydrogens (tertiary/aromatic N) is 4. The molecule has 0 amide bonds. The van der Waals surface area contributed by atoms with Gasteiger partial charge in [0.05, 0.1) is 30.7 Å². The third-order valence-corrected chi connectivity index (χ3v) is 3.78. The molecule has 0 saturated carbocycles. The minimum Gasteiger partial charge on any atom is -0.377 e. The maximum atomic E-state index is 13.4. The Morgan fingerprint density at radius 1 is 1.39 bits per heavy atom. The maximum Gasteiger partial charge on any atom is 0.422 e. The fraction of sp³-hybridized carbons (Fsp3) is 0.417. The Hall–Kier alpha value is -2.07. The molecule has 0 atom stereocenters. The Bertz CT molecular complexity index is 743. The summed E-state index contributed by atoms with van der Waals surface area (Å²) in [6.45, 7) is 0.807. The summed E-state index contributed by atoms with van der Waals surface area (Å²) in [4.78, 5) is 7.32. The Morgan fingerprint density at radius 2 is 2.09 bits per heavy atom. The van der Waals surface area contributed by atoms with Crippen LogP contribution in [0.15, 0.2) is 6.20 Å². The lowest BCUT2D eigenvalue weighted by Gasteiger charge is -2.26. The molecular weight excluding hydrogens is 337 g/mol. The molecule has 0 aromatic carbocycles. The van der Waals surface area contributed by atoms with Gasteiger partial charge in [-0.15, -0.1) is 0 Å². The van der Waals surface area contributed by atoms with Gasteiger partial charge < -0.3 is 15.8 Å². The van der Waals surface area contributed by atoms with Gasteiger partial charge in [0, 0.05) is 7.05 Å². The number of hydrogen-bond acceptors (Lipinski definition) is 6. The minimum absolute atomic E-state index is 0.0384. The maximum absolute atomic E-state index is 13.4. The van der Waals surface area contributed by atoms with E-state index in [1.54, 1.807) is 0 Å². The Balaban J connectivity index is 2.19. The molecule has 0 spiro atoms. The fourth-order valence-electron chi connectivity index (χ4n) is 2.25. The zero-order valence-corrected chi connectivity index (χ0v) is 12.6. The number of anilines is 2. The largest absolute Gasteiger partial charge is 0.422 e. The summed E-state index contributed by atoms with van der Waals surface area (Å²) in [5.74, 6) is -0.719. The van der Waals surface area contributed by atoms with Gasteiger partial charge in [-0.3, -0.25) is 0 Å². The molecule has 2 aromatic heterocycles. The monoisotopic (exact) mass is 348 g/mol. The molecule has 1 fully saturated rings. The normalized spacial score (nSPS) is 15.5. The molecular formula is C12H12ClF3N6O. The van der Waals surface area contributed by atoms with Crippen LogP contribution in [0, 0.1) is 0 Å². The summed E-state index contributed by atoms with van der Waals surface area (Å²) in [6, 6.07) is -0.103. The van der Waals surface area contributed by atoms with Crippen molar-refractivity contribution in [2.24, 2.45) is 0 Å². The molecule has 2 aromatic rings. The van der Waals surface area contributed by atoms with Gasteiger partial charge in [-0.2, -0.15) is 23.3 Å². The van der Waals surface area contributed by atoms with Crippen molar-refractivity contribution in [3.05, 3.63) is 16.9 Å². The van der Waals surface area contributed by atoms with Gasteiger partial charge in [0.25, 0.3) is 0 Å². The van der Waals surface area contributed by atoms with Crippen molar-refractivity contribution in [3.63, 3.8) is 0 Å². The standard InChI is InChI=1S/C12H12ClF3N6O/c1-18-10-7(12(14,15)16)8(20-11(17)21-10)6-2-19-22(9(6)13)5-3-23-4-5/h2,5H,3-4H2,1H3,(H3,17,18,20,21). The molecule has 3 heterocycles. The molecule has 0 unspecified atom stereocenters. The number of aromatic nitrogens is 4. The van der Waals surface area contributed by atoms with E-state index in [-0.39, 0.29) is 22.7 Å². The quantitative estimate of drug-likeness (QED) is 0.883. The molecule has 23 heavy (non-hydrogen) atoms. The van der Waals surface area contributed by atoms with Crippen LogP contribution in [0.2, 0.25) is 5.15 Å². The average molecular weight is 349 g/mol. The highest BCUT2D eigenvalue weighted by molar-refractivity contribution is 6.32. The average Bonchev–Trinajstić information content (AvgIpc) is 2.76. The summed E-state index contributed by atoms with van der Waals surface area (Å²) in [6.07, 6.45) is -3.45. The van der Waals surface area contributed by atoms with Crippen molar-refractivity contribution in [2.45, 2.75) is 12.2 Å². The van der Waals surface area contributed by atoms with Crippen molar-refractivity contribution >= 4 is 23.4 Å². The van der Waals surface area contributed by atoms with Crippen molar-refractivity contribution in [1.29, 1.82) is 0 Å². The van der Waals surface area contributed by atoms with Gasteiger partial charge in [0.2, 0.25) is 5.95 Å². The van der Waals surface area contributed by atoms with Gasteiger partial charge in [0.15, 0.2) is 0 Å². The number of ether oxygens (including phenoxy) is 1. The van der Waals surface area contributed by atoms with Crippen LogP contribution < -0.4 is 11.1 Å². The Kier molecular flexibility index (Phi) is 3.80. The second-order valence-electron chi connectivity index (χ2n) is 4.89. The first-order valence-electron chi connectivity index (χ1n) is 6.56. The summed E-state index contributed by atoms with van der Waals surface area (Å²) in [7, 11) is 1.32. The van der Waals surface area contributed by atoms with Crippen LogP contribution in [0.25, 0.3) is 11.3 Å². The molecule has 7 nitrogen and oxygen atoms in total. The number of hydrogen-bond donors (Lipinski definition) is 2. The number of nitrogens with one attached hydrogen (secondary N) is 1. The van der Waals surface area contributed by atoms with E-state index >= 15 is 0 Å². The highest BCUT2D eigenvalue weighted by Crippen LogP contribution is 2.42. The molecule has 124 valence electrons. The number of alkyl halides is 3. The molecule has 1 saturated heterocycles. The van der Waals surface area contributed by atoms with Crippen molar-refractivity contribution < 1.29 is 17.9 Å². The summed E-state index contributed by atoms with van der Waals surface area (Å²) in [5.41, 5.74) is 4.10. The number of rotatable bonds is 3. The molecule has 3 rings (SSSR count). The Morgan fingerprint density at radius 3 is 2.61 bits per heavy atom. The van der Waals surface area contributed by atoms with Crippen molar-refractivity contribution in [3.8, 4) is 11.3 Å². The van der Waals surface area contributed by atoms with E-state index in [1.165, 1.54) is 17.9 Å². The minimum atomic E-state index is -4.69. The molecule has 11 heteroatoms. The van der Waals surface area contributed by atoms with E-state index in [9.17, 15) is 13.2 Å². The molecule has 0 aliphatic carbocycles. The van der Waals surface area contributed by atoms with Crippen molar-refractivity contribution in [1.82, 2.24) is 19.7 Å². The zero-order valence-electron chi connectivity index (χ0n) is 11.9. The van der Waals surface area contributed by atoms with Crippen molar-refractivity contribution in [2.75, 3.05) is 31.3 Å². The van der Waals surface area contributed by atoms with E-state index in [0.717, 1.165) is 0 Å². The molecule has 1 aliphatic heterocycles. The topological polar surface area (TPSA) is 90.9 Å². The zero-order chi connectivity index (χ0) is 16.8. The first kappa shape index (κ1) is 15.8. The lowest BCUT2D eigenvalue weighted by Crippen LogP contribution is -2.31. The lowest BCUT2D eigenvalue weighted by molar-refractivity contribution is -0.136. The van der Waals surface area contributed by atoms with Gasteiger partial charge in [-0.05, 0) is 0 Å². The SMILES string of the molecule is CNc1nc(N)nc(-c2cnn(C3COC3)c2Cl)c1C(F)(F)F. The van der Waals surface area contributed by atoms with E-state index in [0.29, 0.717) is 13.2 Å². The summed E-state index contributed by atoms with van der Waals surface area (Å²) >= 11 is 6.19. The summed E-state index contributed by atoms with van der Waals surface area (Å²) < 4.78 is 46.8. The van der Waals surface area contributed by atoms with Crippen LogP contribution in [-0.2, 0) is 10.9 Å². The molecule has 1 aliphatic rings. The van der Waals surface area contributed by atoms with Crippen LogP contribution >= 0.6 is 11.6 Å². The first-order valence-corrected chi connectivity index (χ1v) is 6.94. The molecule has 0 bridgehead atoms. The lowest BCUT2D eigenvalue weighted by atomic mass is 10.1. The first-order chi connectivity index (χ1) is 10.8. The summed E-state index contributed by atoms with van der Waals surface area (Å²) in [5, 5.41) is 6.47. The smallest absolute Gasteiger partial charge is 0.377 e. The van der Waals surface area contributed by atoms with Gasteiger partial charge >= 0.3 is 6.18 Å². The van der Waals surface area contributed by atoms with Gasteiger partial charge in [-0.25, -0.2) is 9.67 Å². The van der Waals surface area contributed by atoms with Gasteiger partial charge in [-0.1, -0.05) is 11.6 Å². The van der Waals surface area contributed by atoms with Crippen LogP contribution in [-0.4, -0.2) is 40.0 Å². The predicted molar refractivity (Wildman–Crippen MR) is 77.1 cm³/mol. The van der Waals surface area contributed by atoms with Crippen LogP contribution in [0.3, 0.4) is 0 Å². The van der Waals surface area contributed by atoms with E-state index in [1.807, 2.05) is 0 Å². The second-order valence-corrected chi connectivity index (χ2v) is 5.24. The third kappa shape index (κ3) is 2.68. The Labute approximate surface area is 133 Å². The number of nitrogen functional groups attached to an aromatic ring is 1. The number of nitrogens with two attached hydrogens (primary N) is 1.